The van der Waals surface area contributed by atoms with Gasteiger partial charge in [0.25, 0.3) is 5.69 Å². The Morgan fingerprint density at radius 1 is 1.14 bits per heavy atom. The fourth-order valence-electron chi connectivity index (χ4n) is 1.96. The molecule has 22 heavy (non-hydrogen) atoms. The summed E-state index contributed by atoms with van der Waals surface area (Å²) < 4.78 is 15.8. The van der Waals surface area contributed by atoms with Gasteiger partial charge in [-0.25, -0.2) is 0 Å². The van der Waals surface area contributed by atoms with Crippen LogP contribution in [-0.4, -0.2) is 19.1 Å². The Kier molecular flexibility index (Phi) is 4.67. The van der Waals surface area contributed by atoms with Crippen LogP contribution in [0.15, 0.2) is 36.4 Å². The summed E-state index contributed by atoms with van der Waals surface area (Å²) in [7, 11) is 2.89. The summed E-state index contributed by atoms with van der Waals surface area (Å²) in [5.74, 6) is 1.23. The van der Waals surface area contributed by atoms with Gasteiger partial charge in [0.15, 0.2) is 11.5 Å². The lowest BCUT2D eigenvalue weighted by Crippen LogP contribution is -2.03. The van der Waals surface area contributed by atoms with Crippen molar-refractivity contribution < 1.29 is 19.1 Å². The Labute approximate surface area is 127 Å². The maximum Gasteiger partial charge on any atom is 0.280 e. The highest BCUT2D eigenvalue weighted by Gasteiger charge is 2.19. The smallest absolute Gasteiger partial charge is 0.280 e. The van der Waals surface area contributed by atoms with Crippen molar-refractivity contribution in [3.05, 3.63) is 52.1 Å². The molecule has 2 N–H and O–H groups in total. The fraction of sp³-hybridized carbons (Fsp3) is 0.200. The minimum absolute atomic E-state index is 0.0140. The molecule has 7 nitrogen and oxygen atoms in total. The summed E-state index contributed by atoms with van der Waals surface area (Å²) in [6.07, 6.45) is 0. The van der Waals surface area contributed by atoms with Gasteiger partial charge in [0.1, 0.15) is 12.4 Å². The van der Waals surface area contributed by atoms with Crippen LogP contribution in [0, 0.1) is 10.1 Å². The number of hydrogen-bond acceptors (Lipinski definition) is 6. The predicted octanol–water partition coefficient (Wildman–Crippen LogP) is 2.77. The molecule has 2 rings (SSSR count). The molecule has 2 aromatic rings. The van der Waals surface area contributed by atoms with Crippen LogP contribution >= 0.6 is 0 Å². The van der Waals surface area contributed by atoms with Gasteiger partial charge in [0, 0.05) is 11.8 Å². The molecule has 0 atom stereocenters. The molecule has 0 fully saturated rings. The van der Waals surface area contributed by atoms with E-state index in [1.54, 1.807) is 24.3 Å². The molecule has 0 saturated carbocycles. The summed E-state index contributed by atoms with van der Waals surface area (Å²) in [5.41, 5.74) is 6.50. The Morgan fingerprint density at radius 2 is 1.82 bits per heavy atom. The summed E-state index contributed by atoms with van der Waals surface area (Å²) >= 11 is 0. The van der Waals surface area contributed by atoms with E-state index in [0.29, 0.717) is 28.5 Å². The third kappa shape index (κ3) is 3.38. The van der Waals surface area contributed by atoms with Crippen LogP contribution in [0.2, 0.25) is 0 Å². The maximum absolute atomic E-state index is 11.2. The minimum Gasteiger partial charge on any atom is -0.493 e. The number of methoxy groups -OCH3 is 2. The first kappa shape index (κ1) is 15.4. The topological polar surface area (TPSA) is 96.9 Å². The molecule has 116 valence electrons. The average molecular weight is 304 g/mol. The number of anilines is 1. The van der Waals surface area contributed by atoms with Gasteiger partial charge in [0.2, 0.25) is 0 Å². The molecule has 0 heterocycles. The van der Waals surface area contributed by atoms with Gasteiger partial charge < -0.3 is 19.9 Å². The van der Waals surface area contributed by atoms with E-state index in [4.69, 9.17) is 19.9 Å². The second-order valence-electron chi connectivity index (χ2n) is 4.45. The average Bonchev–Trinajstić information content (AvgIpc) is 2.51. The highest BCUT2D eigenvalue weighted by molar-refractivity contribution is 5.54. The second-order valence-corrected chi connectivity index (χ2v) is 4.45. The highest BCUT2D eigenvalue weighted by Crippen LogP contribution is 2.35. The molecule has 2 aromatic carbocycles. The van der Waals surface area contributed by atoms with Crippen LogP contribution in [0.3, 0.4) is 0 Å². The van der Waals surface area contributed by atoms with Crippen molar-refractivity contribution in [2.75, 3.05) is 20.0 Å². The zero-order valence-electron chi connectivity index (χ0n) is 12.2. The van der Waals surface area contributed by atoms with Gasteiger partial charge in [-0.3, -0.25) is 10.1 Å². The molecule has 0 saturated heterocycles. The van der Waals surface area contributed by atoms with Crippen LogP contribution in [-0.2, 0) is 6.61 Å². The molecular formula is C15H16N2O5. The lowest BCUT2D eigenvalue weighted by atomic mass is 10.1. The molecule has 0 unspecified atom stereocenters. The number of nitro groups is 1. The van der Waals surface area contributed by atoms with Crippen LogP contribution in [0.25, 0.3) is 0 Å². The highest BCUT2D eigenvalue weighted by atomic mass is 16.6. The lowest BCUT2D eigenvalue weighted by Gasteiger charge is -2.11. The van der Waals surface area contributed by atoms with Crippen molar-refractivity contribution in [2.45, 2.75) is 6.61 Å². The van der Waals surface area contributed by atoms with Crippen molar-refractivity contribution in [1.82, 2.24) is 0 Å². The Bertz CT molecular complexity index is 688. The van der Waals surface area contributed by atoms with Crippen LogP contribution < -0.4 is 19.9 Å². The van der Waals surface area contributed by atoms with E-state index in [-0.39, 0.29) is 12.3 Å². The number of ether oxygens (including phenoxy) is 3. The second kappa shape index (κ2) is 6.66. The molecule has 0 spiro atoms. The predicted molar refractivity (Wildman–Crippen MR) is 81.4 cm³/mol. The number of hydrogen-bond donors (Lipinski definition) is 1. The zero-order valence-corrected chi connectivity index (χ0v) is 12.2. The number of benzene rings is 2. The maximum atomic E-state index is 11.2. The molecule has 0 amide bonds. The quantitative estimate of drug-likeness (QED) is 0.500. The van der Waals surface area contributed by atoms with Gasteiger partial charge in [0.05, 0.1) is 30.8 Å². The number of rotatable bonds is 6. The monoisotopic (exact) mass is 304 g/mol. The van der Waals surface area contributed by atoms with E-state index in [2.05, 4.69) is 0 Å². The van der Waals surface area contributed by atoms with E-state index in [1.165, 1.54) is 26.4 Å². The van der Waals surface area contributed by atoms with E-state index in [0.717, 1.165) is 0 Å². The Balaban J connectivity index is 2.30. The molecule has 0 aliphatic heterocycles. The molecular weight excluding hydrogens is 288 g/mol. The molecule has 0 aliphatic carbocycles. The van der Waals surface area contributed by atoms with Crippen LogP contribution in [0.4, 0.5) is 11.4 Å². The first-order valence-corrected chi connectivity index (χ1v) is 6.42. The molecule has 0 aliphatic rings. The van der Waals surface area contributed by atoms with E-state index >= 15 is 0 Å². The van der Waals surface area contributed by atoms with Crippen molar-refractivity contribution in [2.24, 2.45) is 0 Å². The van der Waals surface area contributed by atoms with Crippen molar-refractivity contribution in [1.29, 1.82) is 0 Å². The number of nitro benzene ring substituents is 1. The summed E-state index contributed by atoms with van der Waals surface area (Å²) in [4.78, 5) is 10.7. The molecule has 0 bridgehead atoms. The molecule has 0 radical (unpaired) electrons. The third-order valence-corrected chi connectivity index (χ3v) is 3.03. The number of nitrogens with zero attached hydrogens (tertiary/aromatic N) is 1. The normalized spacial score (nSPS) is 10.1. The SMILES string of the molecule is COc1cc(COc2cccc(N)c2)c([N+](=O)[O-])cc1OC. The Hall–Kier alpha value is -2.96. The molecule has 0 aromatic heterocycles. The van der Waals surface area contributed by atoms with Crippen molar-refractivity contribution in [3.63, 3.8) is 0 Å². The first-order valence-electron chi connectivity index (χ1n) is 6.42. The molecule has 7 heteroatoms. The van der Waals surface area contributed by atoms with E-state index in [9.17, 15) is 10.1 Å². The standard InChI is InChI=1S/C15H16N2O5/c1-20-14-6-10(13(17(18)19)8-15(14)21-2)9-22-12-5-3-4-11(16)7-12/h3-8H,9,16H2,1-2H3. The van der Waals surface area contributed by atoms with E-state index in [1.807, 2.05) is 0 Å². The number of nitrogens with two attached hydrogens (primary N) is 1. The van der Waals surface area contributed by atoms with Gasteiger partial charge in [-0.2, -0.15) is 0 Å². The van der Waals surface area contributed by atoms with E-state index < -0.39 is 4.92 Å². The summed E-state index contributed by atoms with van der Waals surface area (Å²) in [6.45, 7) is 0.0140. The third-order valence-electron chi connectivity index (χ3n) is 3.03. The Morgan fingerprint density at radius 3 is 2.41 bits per heavy atom. The largest absolute Gasteiger partial charge is 0.493 e. The fourth-order valence-corrected chi connectivity index (χ4v) is 1.96. The summed E-state index contributed by atoms with van der Waals surface area (Å²) in [6, 6.07) is 9.69. The van der Waals surface area contributed by atoms with Gasteiger partial charge in [-0.1, -0.05) is 6.07 Å². The zero-order chi connectivity index (χ0) is 16.1. The minimum atomic E-state index is -0.486. The van der Waals surface area contributed by atoms with Gasteiger partial charge in [-0.05, 0) is 18.2 Å². The number of nitrogen functional groups attached to an aromatic ring is 1. The lowest BCUT2D eigenvalue weighted by molar-refractivity contribution is -0.385. The van der Waals surface area contributed by atoms with Crippen LogP contribution in [0.5, 0.6) is 17.2 Å². The van der Waals surface area contributed by atoms with Crippen molar-refractivity contribution in [3.8, 4) is 17.2 Å². The van der Waals surface area contributed by atoms with Gasteiger partial charge >= 0.3 is 0 Å². The van der Waals surface area contributed by atoms with Crippen molar-refractivity contribution >= 4 is 11.4 Å². The summed E-state index contributed by atoms with van der Waals surface area (Å²) in [5, 5.41) is 11.2. The van der Waals surface area contributed by atoms with Crippen LogP contribution in [0.1, 0.15) is 5.56 Å². The first-order chi connectivity index (χ1) is 10.5. The van der Waals surface area contributed by atoms with Gasteiger partial charge in [-0.15, -0.1) is 0 Å².